The van der Waals surface area contributed by atoms with E-state index in [1.54, 1.807) is 0 Å². The zero-order valence-electron chi connectivity index (χ0n) is 11.2. The fraction of sp³-hybridized carbons (Fsp3) is 0.200. The van der Waals surface area contributed by atoms with Crippen molar-refractivity contribution in [3.05, 3.63) is 35.2 Å². The Morgan fingerprint density at radius 2 is 1.00 bits per heavy atom. The van der Waals surface area contributed by atoms with E-state index in [1.807, 2.05) is 0 Å². The molecule has 0 amide bonds. The summed E-state index contributed by atoms with van der Waals surface area (Å²) >= 11 is -2.73. The Morgan fingerprint density at radius 1 is 0.692 bits per heavy atom. The molecule has 0 N–H and O–H groups in total. The number of benzene rings is 1. The van der Waals surface area contributed by atoms with Crippen LogP contribution in [0.25, 0.3) is 0 Å². The van der Waals surface area contributed by atoms with Crippen molar-refractivity contribution < 1.29 is 86.1 Å². The van der Waals surface area contributed by atoms with Gasteiger partial charge in [0.1, 0.15) is 0 Å². The summed E-state index contributed by atoms with van der Waals surface area (Å²) in [7, 11) is 0. The number of carbonyl (C=O) groups is 2. The van der Waals surface area contributed by atoms with Gasteiger partial charge in [-0.25, -0.2) is 22.0 Å². The van der Waals surface area contributed by atoms with Crippen molar-refractivity contribution >= 4 is 11.9 Å². The summed E-state index contributed by atoms with van der Waals surface area (Å²) in [6.45, 7) is 0. The van der Waals surface area contributed by atoms with Crippen LogP contribution in [-0.2, 0) is 15.7 Å². The van der Waals surface area contributed by atoms with Crippen molar-refractivity contribution in [1.82, 2.24) is 0 Å². The molecule has 0 aliphatic carbocycles. The minimum atomic E-state index is -5.33. The average Bonchev–Trinajstić information content (AvgIpc) is 2.49. The van der Waals surface area contributed by atoms with E-state index >= 15 is 0 Å². The van der Waals surface area contributed by atoms with Gasteiger partial charge in [-0.15, -0.1) is 0 Å². The summed E-state index contributed by atoms with van der Waals surface area (Å²) in [5, 5.41) is 0. The molecule has 0 spiro atoms. The Bertz CT molecular complexity index is 618. The molecule has 4 nitrogen and oxygen atoms in total. The maximum absolute atomic E-state index is 12.0. The monoisotopic (exact) mass is 521 g/mol. The number of hydrogen-bond acceptors (Lipinski definition) is 4. The van der Waals surface area contributed by atoms with E-state index in [1.165, 1.54) is 0 Å². The molecule has 0 bridgehead atoms. The zero-order valence-corrected chi connectivity index (χ0v) is 13.4. The number of carbonyl (C=O) groups excluding carboxylic acids is 2. The van der Waals surface area contributed by atoms with Crippen LogP contribution in [0.3, 0.4) is 0 Å². The quantitative estimate of drug-likeness (QED) is 0.247. The molecule has 0 saturated carbocycles. The molecule has 150 valence electrons. The van der Waals surface area contributed by atoms with Gasteiger partial charge in [-0.3, -0.25) is 0 Å². The van der Waals surface area contributed by atoms with Crippen molar-refractivity contribution in [3.8, 4) is 0 Å². The molecular weight excluding hydrogens is 520 g/mol. The van der Waals surface area contributed by atoms with E-state index < -0.39 is 75.4 Å². The van der Waals surface area contributed by atoms with Gasteiger partial charge in [0.15, 0.2) is 23.3 Å². The summed E-state index contributed by atoms with van der Waals surface area (Å²) in [5.41, 5.74) is 0. The second kappa shape index (κ2) is 9.17. The summed E-state index contributed by atoms with van der Waals surface area (Å²) in [6, 6.07) is -0.0618. The van der Waals surface area contributed by atoms with Crippen LogP contribution in [0, 0.1) is 29.1 Å². The first kappa shape index (κ1) is 24.1. The van der Waals surface area contributed by atoms with Gasteiger partial charge in [0.2, 0.25) is 5.82 Å². The molecule has 1 aromatic carbocycles. The summed E-state index contributed by atoms with van der Waals surface area (Å²) in [4.78, 5) is 19.8. The first-order valence-electron chi connectivity index (χ1n) is 5.28. The molecule has 0 aliphatic rings. The molecule has 0 heterocycles. The van der Waals surface area contributed by atoms with E-state index in [-0.39, 0.29) is 6.07 Å². The average molecular weight is 521 g/mol. The van der Waals surface area contributed by atoms with Gasteiger partial charge < -0.3 is 0 Å². The second-order valence-corrected chi connectivity index (χ2v) is 4.81. The normalized spacial score (nSPS) is 11.5. The first-order chi connectivity index (χ1) is 11.6. The fourth-order valence-corrected chi connectivity index (χ4v) is 1.62. The van der Waals surface area contributed by atoms with Gasteiger partial charge in [0, 0.05) is 6.07 Å². The van der Waals surface area contributed by atoms with Crippen molar-refractivity contribution in [2.45, 2.75) is 12.4 Å². The fourth-order valence-electron chi connectivity index (χ4n) is 0.704. The van der Waals surface area contributed by atoms with Crippen LogP contribution in [0.2, 0.25) is 0 Å². The molecule has 0 radical (unpaired) electrons. The van der Waals surface area contributed by atoms with Gasteiger partial charge in [0.25, 0.3) is 0 Å². The van der Waals surface area contributed by atoms with Crippen molar-refractivity contribution in [3.63, 3.8) is 0 Å². The Morgan fingerprint density at radius 3 is 1.27 bits per heavy atom. The number of rotatable bonds is 2. The Labute approximate surface area is 146 Å². The number of alkyl halides is 6. The van der Waals surface area contributed by atoms with Crippen LogP contribution < -0.4 is 22.0 Å². The zero-order chi connectivity index (χ0) is 20.9. The minimum absolute atomic E-state index is 0.0618. The first-order valence-corrected chi connectivity index (χ1v) is 7.04. The number of halogens is 12. The summed E-state index contributed by atoms with van der Waals surface area (Å²) < 4.78 is 135. The van der Waals surface area contributed by atoms with E-state index in [4.69, 9.17) is 0 Å². The van der Waals surface area contributed by atoms with E-state index in [0.29, 0.717) is 0 Å². The molecule has 1 aromatic rings. The van der Waals surface area contributed by atoms with Crippen LogP contribution in [0.4, 0.5) is 48.3 Å². The van der Waals surface area contributed by atoms with Crippen LogP contribution in [0.15, 0.2) is 6.07 Å². The van der Waals surface area contributed by atoms with Gasteiger partial charge in [-0.1, -0.05) is 0 Å². The molecule has 26 heavy (non-hydrogen) atoms. The van der Waals surface area contributed by atoms with Gasteiger partial charge in [0.05, 0.1) is 0 Å². The molecule has 0 saturated heterocycles. The SMILES string of the molecule is Fc1cc(F)c(F)c(F)c1F.O=C(O[I-]OC(=O)C(F)(F)F)C(F)(F)F. The van der Waals surface area contributed by atoms with Crippen LogP contribution >= 0.6 is 0 Å². The van der Waals surface area contributed by atoms with E-state index in [2.05, 4.69) is 6.13 Å². The topological polar surface area (TPSA) is 52.6 Å². The molecule has 0 fully saturated rings. The predicted molar refractivity (Wildman–Crippen MR) is 50.5 cm³/mol. The molecule has 0 aliphatic heterocycles. The maximum atomic E-state index is 12.0. The van der Waals surface area contributed by atoms with Crippen LogP contribution in [0.1, 0.15) is 0 Å². The van der Waals surface area contributed by atoms with Crippen molar-refractivity contribution in [2.75, 3.05) is 0 Å². The molecule has 0 unspecified atom stereocenters. The third kappa shape index (κ3) is 7.56. The Hall–Kier alpha value is -1.88. The third-order valence-electron chi connectivity index (χ3n) is 1.72. The second-order valence-electron chi connectivity index (χ2n) is 3.57. The molecule has 16 heteroatoms. The molecule has 0 aromatic heterocycles. The van der Waals surface area contributed by atoms with E-state index in [9.17, 15) is 57.9 Å². The number of hydrogen-bond donors (Lipinski definition) is 0. The van der Waals surface area contributed by atoms with Crippen molar-refractivity contribution in [2.24, 2.45) is 0 Å². The predicted octanol–water partition coefficient (Wildman–Crippen LogP) is 0.499. The standard InChI is InChI=1S/C6HF5.C4F6IO4/c7-2-1-3(8)5(10)6(11)4(2)9;5-3(6,7)1(12)14-11-15-2(13)4(8,9)10/h1H;/q;-1. The Kier molecular flexibility index (Phi) is 8.51. The van der Waals surface area contributed by atoms with Gasteiger partial charge in [-0.2, -0.15) is 0 Å². The third-order valence-corrected chi connectivity index (χ3v) is 2.88. The summed E-state index contributed by atoms with van der Waals surface area (Å²) in [5.74, 6) is -15.1. The molecule has 0 atom stereocenters. The van der Waals surface area contributed by atoms with Gasteiger partial charge >= 0.3 is 88.4 Å². The van der Waals surface area contributed by atoms with Crippen LogP contribution in [0.5, 0.6) is 0 Å². The van der Waals surface area contributed by atoms with E-state index in [0.717, 1.165) is 0 Å². The molecule has 1 rings (SSSR count). The van der Waals surface area contributed by atoms with Crippen LogP contribution in [-0.4, -0.2) is 24.3 Å². The summed E-state index contributed by atoms with van der Waals surface area (Å²) in [6.07, 6.45) is -10.7. The molecular formula is C10HF11IO4-. The van der Waals surface area contributed by atoms with Gasteiger partial charge in [-0.05, 0) is 0 Å². The van der Waals surface area contributed by atoms with Crippen molar-refractivity contribution in [1.29, 1.82) is 0 Å². The Balaban J connectivity index is 0.000000502.